The lowest BCUT2D eigenvalue weighted by Crippen LogP contribution is -2.65. The van der Waals surface area contributed by atoms with Gasteiger partial charge in [0.25, 0.3) is 5.91 Å². The Morgan fingerprint density at radius 2 is 1.89 bits per heavy atom. The Hall–Kier alpha value is -3.55. The van der Waals surface area contributed by atoms with E-state index in [1.54, 1.807) is 25.3 Å². The van der Waals surface area contributed by atoms with Crippen LogP contribution in [0.2, 0.25) is 0 Å². The van der Waals surface area contributed by atoms with E-state index in [4.69, 9.17) is 9.47 Å². The number of ether oxygens (including phenoxy) is 2. The number of nitrogens with one attached hydrogen (secondary N) is 1. The quantitative estimate of drug-likeness (QED) is 0.561. The van der Waals surface area contributed by atoms with Crippen LogP contribution >= 0.6 is 0 Å². The van der Waals surface area contributed by atoms with E-state index in [9.17, 15) is 9.59 Å². The summed E-state index contributed by atoms with van der Waals surface area (Å²) in [7, 11) is 3.21. The number of hydrogen-bond donors (Lipinski definition) is 1. The van der Waals surface area contributed by atoms with Gasteiger partial charge in [0.1, 0.15) is 22.7 Å². The Morgan fingerprint density at radius 3 is 2.58 bits per heavy atom. The summed E-state index contributed by atoms with van der Waals surface area (Å²) in [4.78, 5) is 34.2. The monoisotopic (exact) mass is 490 g/mol. The number of fused-ring (bicyclic) bond motifs is 3. The average Bonchev–Trinajstić information content (AvgIpc) is 3.27. The van der Waals surface area contributed by atoms with Crippen LogP contribution in [0, 0.1) is 5.92 Å². The standard InChI is InChI=1S/C28H34N4O4/c1-18-9-5-6-11-21(18)30-27(34)28(2)17-31-22(26(33)32(28)16-19-10-7-8-14-29-19)15-20-23(35-3)12-13-24(36-4)25(20)31/h7-8,10,12-15,18,21H,5-6,9,11,16-17H2,1-4H3,(H,30,34)/t18-,21-,28+/m0/s1. The van der Waals surface area contributed by atoms with Crippen molar-refractivity contribution in [2.45, 2.75) is 64.2 Å². The molecule has 2 amide bonds. The van der Waals surface area contributed by atoms with Crippen molar-refractivity contribution in [3.63, 3.8) is 0 Å². The molecular formula is C28H34N4O4. The highest BCUT2D eigenvalue weighted by Gasteiger charge is 2.49. The van der Waals surface area contributed by atoms with E-state index in [2.05, 4.69) is 17.2 Å². The van der Waals surface area contributed by atoms with Crippen molar-refractivity contribution in [3.05, 3.63) is 54.0 Å². The number of hydrogen-bond acceptors (Lipinski definition) is 5. The largest absolute Gasteiger partial charge is 0.496 e. The molecule has 190 valence electrons. The second kappa shape index (κ2) is 9.48. The van der Waals surface area contributed by atoms with E-state index in [0.29, 0.717) is 29.7 Å². The molecule has 0 bridgehead atoms. The van der Waals surface area contributed by atoms with Gasteiger partial charge < -0.3 is 24.3 Å². The molecule has 0 spiro atoms. The van der Waals surface area contributed by atoms with Gasteiger partial charge in [-0.1, -0.05) is 25.8 Å². The highest BCUT2D eigenvalue weighted by Crippen LogP contribution is 2.40. The predicted octanol–water partition coefficient (Wildman–Crippen LogP) is 4.16. The van der Waals surface area contributed by atoms with Gasteiger partial charge in [-0.2, -0.15) is 0 Å². The first-order valence-electron chi connectivity index (χ1n) is 12.6. The maximum atomic E-state index is 14.1. The third-order valence-electron chi connectivity index (χ3n) is 7.91. The van der Waals surface area contributed by atoms with Gasteiger partial charge in [-0.05, 0) is 56.0 Å². The molecule has 1 fully saturated rings. The Morgan fingerprint density at radius 1 is 1.14 bits per heavy atom. The third kappa shape index (κ3) is 3.98. The van der Waals surface area contributed by atoms with Gasteiger partial charge in [0, 0.05) is 17.6 Å². The Bertz CT molecular complexity index is 1290. The first kappa shape index (κ1) is 24.2. The molecule has 8 nitrogen and oxygen atoms in total. The van der Waals surface area contributed by atoms with E-state index in [1.165, 1.54) is 6.42 Å². The number of rotatable bonds is 6. The number of pyridine rings is 1. The third-order valence-corrected chi connectivity index (χ3v) is 7.91. The zero-order valence-electron chi connectivity index (χ0n) is 21.4. The summed E-state index contributed by atoms with van der Waals surface area (Å²) >= 11 is 0. The normalized spacial score (nSPS) is 23.9. The fourth-order valence-electron chi connectivity index (χ4n) is 5.71. The van der Waals surface area contributed by atoms with Crippen LogP contribution < -0.4 is 14.8 Å². The Labute approximate surface area is 211 Å². The molecule has 1 aliphatic carbocycles. The molecule has 2 aromatic heterocycles. The molecule has 1 aromatic carbocycles. The predicted molar refractivity (Wildman–Crippen MR) is 137 cm³/mol. The molecule has 5 rings (SSSR count). The van der Waals surface area contributed by atoms with Gasteiger partial charge in [0.2, 0.25) is 5.91 Å². The van der Waals surface area contributed by atoms with Gasteiger partial charge in [-0.3, -0.25) is 14.6 Å². The minimum absolute atomic E-state index is 0.104. The van der Waals surface area contributed by atoms with Crippen molar-refractivity contribution in [2.24, 2.45) is 5.92 Å². The van der Waals surface area contributed by atoms with Crippen molar-refractivity contribution in [1.29, 1.82) is 0 Å². The summed E-state index contributed by atoms with van der Waals surface area (Å²) in [5.74, 6) is 1.33. The molecule has 8 heteroatoms. The number of benzene rings is 1. The van der Waals surface area contributed by atoms with Crippen LogP contribution in [0.15, 0.2) is 42.6 Å². The van der Waals surface area contributed by atoms with Gasteiger partial charge in [0.05, 0.1) is 38.5 Å². The van der Waals surface area contributed by atoms with Crippen molar-refractivity contribution in [2.75, 3.05) is 14.2 Å². The minimum Gasteiger partial charge on any atom is -0.496 e. The summed E-state index contributed by atoms with van der Waals surface area (Å²) in [6.07, 6.45) is 6.06. The zero-order valence-corrected chi connectivity index (χ0v) is 21.4. The lowest BCUT2D eigenvalue weighted by molar-refractivity contribution is -0.134. The lowest BCUT2D eigenvalue weighted by Gasteiger charge is -2.45. The van der Waals surface area contributed by atoms with Gasteiger partial charge >= 0.3 is 0 Å². The second-order valence-electron chi connectivity index (χ2n) is 10.2. The summed E-state index contributed by atoms with van der Waals surface area (Å²) in [5, 5.41) is 4.10. The number of amides is 2. The molecular weight excluding hydrogens is 456 g/mol. The van der Waals surface area contributed by atoms with E-state index in [0.717, 1.165) is 35.9 Å². The van der Waals surface area contributed by atoms with Crippen molar-refractivity contribution in [3.8, 4) is 11.5 Å². The smallest absolute Gasteiger partial charge is 0.271 e. The van der Waals surface area contributed by atoms with E-state index in [-0.39, 0.29) is 24.4 Å². The molecule has 3 aromatic rings. The summed E-state index contributed by atoms with van der Waals surface area (Å²) in [6, 6.07) is 11.2. The van der Waals surface area contributed by atoms with E-state index < -0.39 is 5.54 Å². The maximum Gasteiger partial charge on any atom is 0.271 e. The maximum absolute atomic E-state index is 14.1. The lowest BCUT2D eigenvalue weighted by atomic mass is 9.85. The van der Waals surface area contributed by atoms with Crippen molar-refractivity contribution in [1.82, 2.24) is 19.8 Å². The van der Waals surface area contributed by atoms with Crippen LogP contribution in [0.1, 0.15) is 55.7 Å². The fourth-order valence-corrected chi connectivity index (χ4v) is 5.71. The van der Waals surface area contributed by atoms with Crippen LogP contribution in [0.3, 0.4) is 0 Å². The highest BCUT2D eigenvalue weighted by molar-refractivity contribution is 6.05. The highest BCUT2D eigenvalue weighted by atomic mass is 16.5. The number of aromatic nitrogens is 2. The van der Waals surface area contributed by atoms with Gasteiger partial charge in [-0.15, -0.1) is 0 Å². The summed E-state index contributed by atoms with van der Waals surface area (Å²) in [6.45, 7) is 4.58. The number of carbonyl (C=O) groups is 2. The van der Waals surface area contributed by atoms with Gasteiger partial charge in [0.15, 0.2) is 0 Å². The second-order valence-corrected chi connectivity index (χ2v) is 10.2. The van der Waals surface area contributed by atoms with Crippen LogP contribution in [0.4, 0.5) is 0 Å². The molecule has 3 atom stereocenters. The van der Waals surface area contributed by atoms with Gasteiger partial charge in [-0.25, -0.2) is 0 Å². The molecule has 1 N–H and O–H groups in total. The topological polar surface area (TPSA) is 85.7 Å². The van der Waals surface area contributed by atoms with Crippen LogP contribution in [0.25, 0.3) is 10.9 Å². The molecule has 0 unspecified atom stereocenters. The van der Waals surface area contributed by atoms with E-state index >= 15 is 0 Å². The fraction of sp³-hybridized carbons (Fsp3) is 0.464. The molecule has 36 heavy (non-hydrogen) atoms. The molecule has 0 saturated heterocycles. The molecule has 2 aliphatic rings. The Balaban J connectivity index is 1.62. The number of carbonyl (C=O) groups excluding carboxylic acids is 2. The number of methoxy groups -OCH3 is 2. The first-order chi connectivity index (χ1) is 17.4. The van der Waals surface area contributed by atoms with Crippen LogP contribution in [-0.2, 0) is 17.9 Å². The molecule has 0 radical (unpaired) electrons. The van der Waals surface area contributed by atoms with E-state index in [1.807, 2.05) is 47.9 Å². The molecule has 3 heterocycles. The molecule has 1 aliphatic heterocycles. The SMILES string of the molecule is COc1ccc(OC)c2c1cc1n2C[C@](C)(C(=O)N[C@H]2CCCC[C@@H]2C)N(Cc2ccccn2)C1=O. The number of nitrogens with zero attached hydrogens (tertiary/aromatic N) is 3. The molecule has 1 saturated carbocycles. The Kier molecular flexibility index (Phi) is 6.36. The van der Waals surface area contributed by atoms with Crippen molar-refractivity contribution < 1.29 is 19.1 Å². The van der Waals surface area contributed by atoms with Crippen LogP contribution in [0.5, 0.6) is 11.5 Å². The average molecular weight is 491 g/mol. The zero-order chi connectivity index (χ0) is 25.4. The summed E-state index contributed by atoms with van der Waals surface area (Å²) < 4.78 is 13.2. The first-order valence-corrected chi connectivity index (χ1v) is 12.6. The minimum atomic E-state index is -1.13. The van der Waals surface area contributed by atoms with Crippen molar-refractivity contribution >= 4 is 22.7 Å². The van der Waals surface area contributed by atoms with Crippen LogP contribution in [-0.4, -0.2) is 52.1 Å². The summed E-state index contributed by atoms with van der Waals surface area (Å²) in [5.41, 5.74) is 0.858.